The minimum Gasteiger partial charge on any atom is -0.488 e. The maximum Gasteiger partial charge on any atom is 0.204 e. The van der Waals surface area contributed by atoms with Crippen molar-refractivity contribution in [1.29, 1.82) is 0 Å². The van der Waals surface area contributed by atoms with E-state index in [1.807, 2.05) is 0 Å². The highest BCUT2D eigenvalue weighted by Gasteiger charge is 2.14. The Balaban J connectivity index is 1.64. The van der Waals surface area contributed by atoms with Crippen molar-refractivity contribution in [1.82, 2.24) is 4.90 Å². The summed E-state index contributed by atoms with van der Waals surface area (Å²) in [4.78, 5) is 2.25. The van der Waals surface area contributed by atoms with Crippen molar-refractivity contribution in [2.75, 3.05) is 39.5 Å². The van der Waals surface area contributed by atoms with Crippen molar-refractivity contribution >= 4 is 11.6 Å². The van der Waals surface area contributed by atoms with Crippen LogP contribution < -0.4 is 9.47 Å². The van der Waals surface area contributed by atoms with Gasteiger partial charge in [0, 0.05) is 24.7 Å². The molecule has 0 aliphatic carbocycles. The molecule has 0 atom stereocenters. The van der Waals surface area contributed by atoms with E-state index in [4.69, 9.17) is 25.8 Å². The summed E-state index contributed by atoms with van der Waals surface area (Å²) in [6.07, 6.45) is 0. The minimum absolute atomic E-state index is 0.0850. The molecule has 3 rings (SSSR count). The Labute approximate surface area is 145 Å². The zero-order chi connectivity index (χ0) is 16.8. The Morgan fingerprint density at radius 3 is 2.58 bits per heavy atom. The molecule has 1 aliphatic rings. The third-order valence-electron chi connectivity index (χ3n) is 3.73. The molecule has 1 saturated heterocycles. The summed E-state index contributed by atoms with van der Waals surface area (Å²) in [5.41, 5.74) is 0. The molecular weight excluding hydrogens is 333 g/mol. The molecule has 0 spiro atoms. The summed E-state index contributed by atoms with van der Waals surface area (Å²) in [6, 6.07) is 11.4. The average molecular weight is 352 g/mol. The minimum atomic E-state index is -0.464. The second-order valence-corrected chi connectivity index (χ2v) is 5.86. The summed E-state index contributed by atoms with van der Waals surface area (Å²) in [5.74, 6) is 0.511. The van der Waals surface area contributed by atoms with Gasteiger partial charge in [0.25, 0.3) is 0 Å². The van der Waals surface area contributed by atoms with Crippen LogP contribution in [-0.2, 0) is 4.74 Å². The number of nitrogens with zero attached hydrogens (tertiary/aromatic N) is 1. The molecule has 4 nitrogen and oxygen atoms in total. The number of rotatable bonds is 6. The van der Waals surface area contributed by atoms with E-state index in [0.717, 1.165) is 32.8 Å². The molecule has 128 valence electrons. The second kappa shape index (κ2) is 8.33. The van der Waals surface area contributed by atoms with Gasteiger partial charge in [0.05, 0.1) is 13.2 Å². The topological polar surface area (TPSA) is 30.9 Å². The van der Waals surface area contributed by atoms with Crippen LogP contribution in [0.5, 0.6) is 17.2 Å². The van der Waals surface area contributed by atoms with Crippen molar-refractivity contribution in [3.8, 4) is 17.2 Å². The lowest BCUT2D eigenvalue weighted by Crippen LogP contribution is -2.38. The Bertz CT molecular complexity index is 660. The molecule has 0 saturated carbocycles. The fraction of sp³-hybridized carbons (Fsp3) is 0.333. The first-order chi connectivity index (χ1) is 11.7. The molecule has 0 amide bonds. The average Bonchev–Trinajstić information content (AvgIpc) is 2.60. The van der Waals surface area contributed by atoms with E-state index in [0.29, 0.717) is 23.1 Å². The van der Waals surface area contributed by atoms with Gasteiger partial charge >= 0.3 is 0 Å². The number of ether oxygens (including phenoxy) is 3. The maximum absolute atomic E-state index is 14.1. The molecule has 2 aromatic rings. The first kappa shape index (κ1) is 17.0. The third-order valence-corrected chi connectivity index (χ3v) is 3.99. The van der Waals surface area contributed by atoms with Gasteiger partial charge in [-0.15, -0.1) is 0 Å². The van der Waals surface area contributed by atoms with E-state index in [2.05, 4.69) is 4.90 Å². The first-order valence-electron chi connectivity index (χ1n) is 7.87. The van der Waals surface area contributed by atoms with Crippen molar-refractivity contribution in [3.63, 3.8) is 0 Å². The van der Waals surface area contributed by atoms with E-state index in [1.165, 1.54) is 6.07 Å². The normalized spacial score (nSPS) is 15.2. The fourth-order valence-corrected chi connectivity index (χ4v) is 2.56. The summed E-state index contributed by atoms with van der Waals surface area (Å²) in [5, 5.41) is 0.595. The van der Waals surface area contributed by atoms with E-state index >= 15 is 0 Å². The monoisotopic (exact) mass is 351 g/mol. The molecule has 0 aromatic heterocycles. The van der Waals surface area contributed by atoms with Crippen LogP contribution in [0, 0.1) is 5.82 Å². The lowest BCUT2D eigenvalue weighted by molar-refractivity contribution is 0.0321. The highest BCUT2D eigenvalue weighted by molar-refractivity contribution is 6.30. The molecule has 1 heterocycles. The van der Waals surface area contributed by atoms with Gasteiger partial charge in [-0.05, 0) is 36.4 Å². The zero-order valence-electron chi connectivity index (χ0n) is 13.2. The van der Waals surface area contributed by atoms with Crippen LogP contribution in [0.3, 0.4) is 0 Å². The second-order valence-electron chi connectivity index (χ2n) is 5.43. The Hall–Kier alpha value is -1.82. The summed E-state index contributed by atoms with van der Waals surface area (Å²) < 4.78 is 30.8. The standard InChI is InChI=1S/C18H19ClFNO3/c19-14-4-6-15(7-5-14)24-18-16(20)2-1-3-17(18)23-13-10-21-8-11-22-12-9-21/h1-7H,8-13H2. The van der Waals surface area contributed by atoms with Crippen LogP contribution in [0.2, 0.25) is 5.02 Å². The predicted octanol–water partition coefficient (Wildman–Crippen LogP) is 3.98. The molecule has 6 heteroatoms. The third kappa shape index (κ3) is 4.60. The smallest absolute Gasteiger partial charge is 0.204 e. The highest BCUT2D eigenvalue weighted by atomic mass is 35.5. The van der Waals surface area contributed by atoms with Crippen molar-refractivity contribution < 1.29 is 18.6 Å². The fourth-order valence-electron chi connectivity index (χ4n) is 2.43. The highest BCUT2D eigenvalue weighted by Crippen LogP contribution is 2.34. The molecule has 0 unspecified atom stereocenters. The molecule has 1 fully saturated rings. The molecule has 0 bridgehead atoms. The summed E-state index contributed by atoms with van der Waals surface area (Å²) in [6.45, 7) is 4.48. The van der Waals surface area contributed by atoms with Crippen molar-refractivity contribution in [2.45, 2.75) is 0 Å². The Kier molecular flexibility index (Phi) is 5.91. The van der Waals surface area contributed by atoms with Gasteiger partial charge in [0.15, 0.2) is 11.6 Å². The summed E-state index contributed by atoms with van der Waals surface area (Å²) >= 11 is 5.85. The van der Waals surface area contributed by atoms with Crippen molar-refractivity contribution in [3.05, 3.63) is 53.3 Å². The molecule has 0 N–H and O–H groups in total. The van der Waals surface area contributed by atoms with Crippen LogP contribution in [0.25, 0.3) is 0 Å². The van der Waals surface area contributed by atoms with Crippen LogP contribution >= 0.6 is 11.6 Å². The first-order valence-corrected chi connectivity index (χ1v) is 8.25. The number of halogens is 2. The van der Waals surface area contributed by atoms with Gasteiger partial charge < -0.3 is 14.2 Å². The number of para-hydroxylation sites is 1. The molecule has 2 aromatic carbocycles. The van der Waals surface area contributed by atoms with Crippen LogP contribution in [0.4, 0.5) is 4.39 Å². The zero-order valence-corrected chi connectivity index (χ0v) is 14.0. The van der Waals surface area contributed by atoms with Crippen LogP contribution in [0.15, 0.2) is 42.5 Å². The number of hydrogen-bond donors (Lipinski definition) is 0. The number of benzene rings is 2. The largest absolute Gasteiger partial charge is 0.488 e. The molecule has 0 radical (unpaired) electrons. The predicted molar refractivity (Wildman–Crippen MR) is 90.7 cm³/mol. The van der Waals surface area contributed by atoms with Crippen LogP contribution in [-0.4, -0.2) is 44.4 Å². The van der Waals surface area contributed by atoms with Gasteiger partial charge in [-0.3, -0.25) is 4.90 Å². The van der Waals surface area contributed by atoms with E-state index in [-0.39, 0.29) is 5.75 Å². The maximum atomic E-state index is 14.1. The quantitative estimate of drug-likeness (QED) is 0.787. The van der Waals surface area contributed by atoms with Gasteiger partial charge in [0.2, 0.25) is 5.75 Å². The van der Waals surface area contributed by atoms with Crippen molar-refractivity contribution in [2.24, 2.45) is 0 Å². The number of hydrogen-bond acceptors (Lipinski definition) is 4. The summed E-state index contributed by atoms with van der Waals surface area (Å²) in [7, 11) is 0. The van der Waals surface area contributed by atoms with Gasteiger partial charge in [-0.25, -0.2) is 4.39 Å². The lowest BCUT2D eigenvalue weighted by Gasteiger charge is -2.26. The van der Waals surface area contributed by atoms with E-state index < -0.39 is 5.82 Å². The van der Waals surface area contributed by atoms with E-state index in [1.54, 1.807) is 36.4 Å². The molecule has 24 heavy (non-hydrogen) atoms. The SMILES string of the molecule is Fc1cccc(OCCN2CCOCC2)c1Oc1ccc(Cl)cc1. The van der Waals surface area contributed by atoms with Gasteiger partial charge in [-0.1, -0.05) is 17.7 Å². The van der Waals surface area contributed by atoms with E-state index in [9.17, 15) is 4.39 Å². The van der Waals surface area contributed by atoms with Gasteiger partial charge in [-0.2, -0.15) is 0 Å². The lowest BCUT2D eigenvalue weighted by atomic mass is 10.3. The van der Waals surface area contributed by atoms with Crippen LogP contribution in [0.1, 0.15) is 0 Å². The van der Waals surface area contributed by atoms with Gasteiger partial charge in [0.1, 0.15) is 12.4 Å². The Morgan fingerprint density at radius 2 is 1.83 bits per heavy atom. The number of morpholine rings is 1. The molecular formula is C18H19ClFNO3. The molecule has 1 aliphatic heterocycles. The Morgan fingerprint density at radius 1 is 1.08 bits per heavy atom.